The summed E-state index contributed by atoms with van der Waals surface area (Å²) in [6.45, 7) is -0.384. The van der Waals surface area contributed by atoms with Crippen molar-refractivity contribution in [3.8, 4) is 0 Å². The zero-order valence-electron chi connectivity index (χ0n) is 8.24. The molecule has 88 valence electrons. The van der Waals surface area contributed by atoms with Crippen molar-refractivity contribution in [3.05, 3.63) is 29.8 Å². The molecule has 0 bridgehead atoms. The number of esters is 1. The molecule has 0 saturated carbocycles. The summed E-state index contributed by atoms with van der Waals surface area (Å²) in [6, 6.07) is 4.84. The predicted octanol–water partition coefficient (Wildman–Crippen LogP) is -0.361. The lowest BCUT2D eigenvalue weighted by Crippen LogP contribution is -2.10. The highest BCUT2D eigenvalue weighted by molar-refractivity contribution is 7.60. The van der Waals surface area contributed by atoms with Crippen LogP contribution in [-0.4, -0.2) is 34.1 Å². The maximum Gasteiger partial charge on any atom is 0.356 e. The van der Waals surface area contributed by atoms with Gasteiger partial charge in [-0.3, -0.25) is 4.57 Å². The van der Waals surface area contributed by atoms with Gasteiger partial charge < -0.3 is 19.6 Å². The van der Waals surface area contributed by atoms with Crippen LogP contribution in [0.15, 0.2) is 24.3 Å². The van der Waals surface area contributed by atoms with E-state index < -0.39 is 13.6 Å². The summed E-state index contributed by atoms with van der Waals surface area (Å²) >= 11 is 0. The Morgan fingerprint density at radius 1 is 1.25 bits per heavy atom. The molecule has 0 aromatic heterocycles. The van der Waals surface area contributed by atoms with Crippen molar-refractivity contribution in [2.24, 2.45) is 0 Å². The van der Waals surface area contributed by atoms with Gasteiger partial charge in [0.2, 0.25) is 0 Å². The molecule has 0 atom stereocenters. The maximum atomic E-state index is 11.2. The van der Waals surface area contributed by atoms with E-state index in [0.717, 1.165) is 12.1 Å². The van der Waals surface area contributed by atoms with E-state index in [4.69, 9.17) is 14.9 Å². The molecule has 0 saturated heterocycles. The van der Waals surface area contributed by atoms with Gasteiger partial charge in [-0.15, -0.1) is 0 Å². The highest BCUT2D eigenvalue weighted by Gasteiger charge is 2.17. The van der Waals surface area contributed by atoms with Crippen molar-refractivity contribution in [3.63, 3.8) is 0 Å². The number of hydrogen-bond donors (Lipinski definition) is 3. The van der Waals surface area contributed by atoms with Crippen LogP contribution >= 0.6 is 7.60 Å². The van der Waals surface area contributed by atoms with E-state index in [-0.39, 0.29) is 24.1 Å². The lowest BCUT2D eigenvalue weighted by atomic mass is 10.2. The quantitative estimate of drug-likeness (QED) is 0.495. The second kappa shape index (κ2) is 5.23. The summed E-state index contributed by atoms with van der Waals surface area (Å²) in [7, 11) is -4.28. The smallest absolute Gasteiger partial charge is 0.356 e. The zero-order valence-corrected chi connectivity index (χ0v) is 9.13. The van der Waals surface area contributed by atoms with Crippen molar-refractivity contribution in [1.82, 2.24) is 0 Å². The maximum absolute atomic E-state index is 11.2. The third kappa shape index (κ3) is 3.43. The van der Waals surface area contributed by atoms with Gasteiger partial charge in [0.1, 0.15) is 6.61 Å². The van der Waals surface area contributed by atoms with Crippen LogP contribution in [0.3, 0.4) is 0 Å². The first-order valence-electron chi connectivity index (χ1n) is 4.39. The van der Waals surface area contributed by atoms with Gasteiger partial charge in [-0.25, -0.2) is 4.79 Å². The molecule has 0 aliphatic rings. The molecule has 0 aliphatic carbocycles. The van der Waals surface area contributed by atoms with Gasteiger partial charge in [-0.2, -0.15) is 0 Å². The third-order valence-electron chi connectivity index (χ3n) is 1.76. The molecule has 1 rings (SSSR count). The number of aliphatic hydroxyl groups excluding tert-OH is 1. The van der Waals surface area contributed by atoms with Crippen molar-refractivity contribution >= 4 is 18.9 Å². The molecule has 0 fully saturated rings. The minimum absolute atomic E-state index is 0.112. The van der Waals surface area contributed by atoms with Crippen molar-refractivity contribution in [2.45, 2.75) is 0 Å². The first-order chi connectivity index (χ1) is 7.45. The Bertz CT molecular complexity index is 407. The van der Waals surface area contributed by atoms with E-state index in [1.165, 1.54) is 12.1 Å². The second-order valence-electron chi connectivity index (χ2n) is 2.95. The lowest BCUT2D eigenvalue weighted by molar-refractivity contribution is 0.0433. The van der Waals surface area contributed by atoms with Crippen LogP contribution < -0.4 is 5.30 Å². The first kappa shape index (κ1) is 12.9. The first-order valence-corrected chi connectivity index (χ1v) is 6.00. The Hall–Kier alpha value is -1.20. The molecule has 0 aliphatic heterocycles. The molecule has 0 amide bonds. The Labute approximate surface area is 91.6 Å². The van der Waals surface area contributed by atoms with E-state index in [1.54, 1.807) is 0 Å². The topological polar surface area (TPSA) is 104 Å². The number of rotatable bonds is 4. The fourth-order valence-corrected chi connectivity index (χ4v) is 1.55. The van der Waals surface area contributed by atoms with Crippen molar-refractivity contribution < 1.29 is 29.0 Å². The van der Waals surface area contributed by atoms with Crippen molar-refractivity contribution in [2.75, 3.05) is 13.2 Å². The highest BCUT2D eigenvalue weighted by atomic mass is 31.2. The Balaban J connectivity index is 2.79. The number of aliphatic hydroxyl groups is 1. The fourth-order valence-electron chi connectivity index (χ4n) is 1.01. The van der Waals surface area contributed by atoms with E-state index in [2.05, 4.69) is 4.74 Å². The monoisotopic (exact) mass is 246 g/mol. The molecular formula is C9H11O6P. The predicted molar refractivity (Wildman–Crippen MR) is 55.5 cm³/mol. The number of benzene rings is 1. The van der Waals surface area contributed by atoms with Crippen LogP contribution in [0, 0.1) is 0 Å². The van der Waals surface area contributed by atoms with E-state index in [9.17, 15) is 9.36 Å². The molecule has 0 spiro atoms. The Morgan fingerprint density at radius 3 is 2.25 bits per heavy atom. The molecule has 6 nitrogen and oxygen atoms in total. The fraction of sp³-hybridized carbons (Fsp3) is 0.222. The van der Waals surface area contributed by atoms with Gasteiger partial charge >= 0.3 is 13.6 Å². The zero-order chi connectivity index (χ0) is 12.2. The number of ether oxygens (including phenoxy) is 1. The average Bonchev–Trinajstić information content (AvgIpc) is 2.25. The minimum Gasteiger partial charge on any atom is -0.460 e. The van der Waals surface area contributed by atoms with Gasteiger partial charge in [-0.1, -0.05) is 0 Å². The van der Waals surface area contributed by atoms with Gasteiger partial charge in [0.05, 0.1) is 17.5 Å². The SMILES string of the molecule is O=C(OCCO)c1ccc(P(=O)(O)O)cc1. The average molecular weight is 246 g/mol. The van der Waals surface area contributed by atoms with Gasteiger partial charge in [0, 0.05) is 0 Å². The number of hydrogen-bond acceptors (Lipinski definition) is 4. The van der Waals surface area contributed by atoms with Gasteiger partial charge in [0.15, 0.2) is 0 Å². The van der Waals surface area contributed by atoms with Crippen LogP contribution in [0.1, 0.15) is 10.4 Å². The Kier molecular flexibility index (Phi) is 4.20. The van der Waals surface area contributed by atoms with Crippen LogP contribution in [0.4, 0.5) is 0 Å². The van der Waals surface area contributed by atoms with E-state index in [0.29, 0.717) is 0 Å². The van der Waals surface area contributed by atoms with E-state index >= 15 is 0 Å². The van der Waals surface area contributed by atoms with Crippen LogP contribution in [0.5, 0.6) is 0 Å². The normalized spacial score (nSPS) is 11.2. The van der Waals surface area contributed by atoms with Crippen LogP contribution in [0.25, 0.3) is 0 Å². The van der Waals surface area contributed by atoms with Crippen molar-refractivity contribution in [1.29, 1.82) is 0 Å². The highest BCUT2D eigenvalue weighted by Crippen LogP contribution is 2.32. The molecule has 3 N–H and O–H groups in total. The lowest BCUT2D eigenvalue weighted by Gasteiger charge is -2.05. The van der Waals surface area contributed by atoms with Crippen LogP contribution in [-0.2, 0) is 9.30 Å². The summed E-state index contributed by atoms with van der Waals surface area (Å²) in [5.74, 6) is -0.647. The summed E-state index contributed by atoms with van der Waals surface area (Å²) in [5, 5.41) is 8.27. The molecular weight excluding hydrogens is 235 g/mol. The summed E-state index contributed by atoms with van der Waals surface area (Å²) in [6.07, 6.45) is 0. The number of carbonyl (C=O) groups excluding carboxylic acids is 1. The van der Waals surface area contributed by atoms with E-state index in [1.807, 2.05) is 0 Å². The third-order valence-corrected chi connectivity index (χ3v) is 2.73. The summed E-state index contributed by atoms with van der Waals surface area (Å²) in [4.78, 5) is 28.9. The largest absolute Gasteiger partial charge is 0.460 e. The molecule has 16 heavy (non-hydrogen) atoms. The van der Waals surface area contributed by atoms with Crippen LogP contribution in [0.2, 0.25) is 0 Å². The molecule has 0 radical (unpaired) electrons. The number of carbonyl (C=O) groups is 1. The summed E-state index contributed by atoms with van der Waals surface area (Å²) in [5.41, 5.74) is 0.172. The van der Waals surface area contributed by atoms with Gasteiger partial charge in [-0.05, 0) is 24.3 Å². The standard InChI is InChI=1S/C9H11O6P/c10-5-6-15-9(11)7-1-3-8(4-2-7)16(12,13)14/h1-4,10H,5-6H2,(H2,12,13,14). The van der Waals surface area contributed by atoms with Gasteiger partial charge in [0.25, 0.3) is 0 Å². The summed E-state index contributed by atoms with van der Waals surface area (Å²) < 4.78 is 15.5. The molecule has 1 aromatic carbocycles. The molecule has 7 heteroatoms. The Morgan fingerprint density at radius 2 is 1.81 bits per heavy atom. The molecule has 1 aromatic rings. The second-order valence-corrected chi connectivity index (χ2v) is 4.55. The molecule has 0 unspecified atom stereocenters. The minimum atomic E-state index is -4.28. The molecule has 0 heterocycles.